The maximum atomic E-state index is 11.1. The van der Waals surface area contributed by atoms with Gasteiger partial charge in [0.1, 0.15) is 5.75 Å². The Morgan fingerprint density at radius 1 is 1.13 bits per heavy atom. The van der Waals surface area contributed by atoms with E-state index >= 15 is 0 Å². The Labute approximate surface area is 145 Å². The van der Waals surface area contributed by atoms with Gasteiger partial charge in [-0.3, -0.25) is 0 Å². The van der Waals surface area contributed by atoms with Gasteiger partial charge in [0, 0.05) is 23.3 Å². The van der Waals surface area contributed by atoms with Gasteiger partial charge < -0.3 is 15.2 Å². The molecule has 122 valence electrons. The number of benzene rings is 2. The number of carboxylic acids is 1. The van der Waals surface area contributed by atoms with Crippen molar-refractivity contribution in [2.75, 3.05) is 18.5 Å². The standard InChI is InChI=1S/C17H17Cl2NO3/c18-12-7-8-14(19)16(11-12)23-10-4-3-9-20-15-6-2-1-5-13(15)17(21)22/h1-2,5-8,11,20H,3-4,9-10H2,(H,21,22). The maximum absolute atomic E-state index is 11.1. The Hall–Kier alpha value is -1.91. The van der Waals surface area contributed by atoms with E-state index in [1.54, 1.807) is 42.5 Å². The number of aromatic carboxylic acids is 1. The molecule has 0 spiro atoms. The monoisotopic (exact) mass is 353 g/mol. The first-order valence-corrected chi connectivity index (χ1v) is 7.97. The van der Waals surface area contributed by atoms with E-state index in [4.69, 9.17) is 33.0 Å². The van der Waals surface area contributed by atoms with Crippen molar-refractivity contribution in [3.05, 3.63) is 58.1 Å². The second-order valence-electron chi connectivity index (χ2n) is 4.91. The van der Waals surface area contributed by atoms with Crippen molar-refractivity contribution in [3.63, 3.8) is 0 Å². The number of carboxylic acid groups (broad SMARTS) is 1. The fraction of sp³-hybridized carbons (Fsp3) is 0.235. The Balaban J connectivity index is 1.72. The highest BCUT2D eigenvalue weighted by atomic mass is 35.5. The van der Waals surface area contributed by atoms with E-state index in [-0.39, 0.29) is 5.56 Å². The van der Waals surface area contributed by atoms with E-state index in [9.17, 15) is 4.79 Å². The van der Waals surface area contributed by atoms with Crippen LogP contribution in [-0.2, 0) is 0 Å². The van der Waals surface area contributed by atoms with Crippen LogP contribution in [0.15, 0.2) is 42.5 Å². The summed E-state index contributed by atoms with van der Waals surface area (Å²) in [6.45, 7) is 1.18. The first-order chi connectivity index (χ1) is 11.1. The summed E-state index contributed by atoms with van der Waals surface area (Å²) in [6.07, 6.45) is 1.65. The highest BCUT2D eigenvalue weighted by molar-refractivity contribution is 6.34. The number of unbranched alkanes of at least 4 members (excludes halogenated alkanes) is 1. The summed E-state index contributed by atoms with van der Waals surface area (Å²) in [5, 5.41) is 13.3. The quantitative estimate of drug-likeness (QED) is 0.658. The first-order valence-electron chi connectivity index (χ1n) is 7.22. The average Bonchev–Trinajstić information content (AvgIpc) is 2.54. The molecule has 2 rings (SSSR count). The highest BCUT2D eigenvalue weighted by Gasteiger charge is 2.08. The predicted octanol–water partition coefficient (Wildman–Crippen LogP) is 4.96. The number of hydrogen-bond acceptors (Lipinski definition) is 3. The zero-order chi connectivity index (χ0) is 16.7. The fourth-order valence-electron chi connectivity index (χ4n) is 2.04. The molecular formula is C17H17Cl2NO3. The molecule has 0 atom stereocenters. The molecule has 0 saturated heterocycles. The van der Waals surface area contributed by atoms with Gasteiger partial charge in [0.15, 0.2) is 0 Å². The van der Waals surface area contributed by atoms with Gasteiger partial charge in [0.05, 0.1) is 17.2 Å². The third-order valence-electron chi connectivity index (χ3n) is 3.19. The maximum Gasteiger partial charge on any atom is 0.337 e. The van der Waals surface area contributed by atoms with Gasteiger partial charge in [-0.15, -0.1) is 0 Å². The van der Waals surface area contributed by atoms with Crippen LogP contribution in [0.25, 0.3) is 0 Å². The van der Waals surface area contributed by atoms with E-state index in [0.29, 0.717) is 34.6 Å². The number of rotatable bonds is 8. The second-order valence-corrected chi connectivity index (χ2v) is 5.75. The minimum Gasteiger partial charge on any atom is -0.492 e. The number of carbonyl (C=O) groups is 1. The van der Waals surface area contributed by atoms with Gasteiger partial charge in [-0.25, -0.2) is 4.79 Å². The number of halogens is 2. The molecule has 0 bridgehead atoms. The van der Waals surface area contributed by atoms with Gasteiger partial charge >= 0.3 is 5.97 Å². The lowest BCUT2D eigenvalue weighted by atomic mass is 10.2. The molecule has 0 fully saturated rings. The van der Waals surface area contributed by atoms with Crippen molar-refractivity contribution >= 4 is 34.9 Å². The van der Waals surface area contributed by atoms with E-state index < -0.39 is 5.97 Å². The van der Waals surface area contributed by atoms with Crippen LogP contribution in [0.2, 0.25) is 10.0 Å². The van der Waals surface area contributed by atoms with E-state index in [0.717, 1.165) is 12.8 Å². The fourth-order valence-corrected chi connectivity index (χ4v) is 2.38. The van der Waals surface area contributed by atoms with Crippen molar-refractivity contribution < 1.29 is 14.6 Å². The second kappa shape index (κ2) is 8.65. The molecule has 0 aliphatic rings. The number of para-hydroxylation sites is 1. The van der Waals surface area contributed by atoms with Crippen molar-refractivity contribution in [2.45, 2.75) is 12.8 Å². The molecule has 0 aliphatic heterocycles. The van der Waals surface area contributed by atoms with Crippen LogP contribution in [0.4, 0.5) is 5.69 Å². The molecule has 0 heterocycles. The zero-order valence-corrected chi connectivity index (χ0v) is 13.9. The summed E-state index contributed by atoms with van der Waals surface area (Å²) in [7, 11) is 0. The molecule has 2 aromatic rings. The average molecular weight is 354 g/mol. The van der Waals surface area contributed by atoms with Crippen LogP contribution in [0.1, 0.15) is 23.2 Å². The minimum absolute atomic E-state index is 0.273. The summed E-state index contributed by atoms with van der Waals surface area (Å²) in [6, 6.07) is 11.9. The van der Waals surface area contributed by atoms with Crippen molar-refractivity contribution in [3.8, 4) is 5.75 Å². The molecule has 4 nitrogen and oxygen atoms in total. The topological polar surface area (TPSA) is 58.6 Å². The number of hydrogen-bond donors (Lipinski definition) is 2. The van der Waals surface area contributed by atoms with Crippen molar-refractivity contribution in [1.29, 1.82) is 0 Å². The lowest BCUT2D eigenvalue weighted by Gasteiger charge is -2.10. The molecule has 23 heavy (non-hydrogen) atoms. The van der Waals surface area contributed by atoms with Gasteiger partial charge in [0.25, 0.3) is 0 Å². The summed E-state index contributed by atoms with van der Waals surface area (Å²) < 4.78 is 5.59. The van der Waals surface area contributed by atoms with Gasteiger partial charge in [0.2, 0.25) is 0 Å². The van der Waals surface area contributed by atoms with E-state index in [1.807, 2.05) is 0 Å². The number of ether oxygens (including phenoxy) is 1. The van der Waals surface area contributed by atoms with E-state index in [2.05, 4.69) is 5.32 Å². The SMILES string of the molecule is O=C(O)c1ccccc1NCCCCOc1cc(Cl)ccc1Cl. The Kier molecular flexibility index (Phi) is 6.56. The van der Waals surface area contributed by atoms with Gasteiger partial charge in [-0.2, -0.15) is 0 Å². The lowest BCUT2D eigenvalue weighted by Crippen LogP contribution is -2.08. The molecule has 0 unspecified atom stereocenters. The molecular weight excluding hydrogens is 337 g/mol. The number of nitrogens with one attached hydrogen (secondary N) is 1. The van der Waals surface area contributed by atoms with Crippen LogP contribution in [0.3, 0.4) is 0 Å². The zero-order valence-electron chi connectivity index (χ0n) is 12.4. The van der Waals surface area contributed by atoms with Crippen LogP contribution < -0.4 is 10.1 Å². The highest BCUT2D eigenvalue weighted by Crippen LogP contribution is 2.27. The summed E-state index contributed by atoms with van der Waals surface area (Å²) in [5.41, 5.74) is 0.897. The largest absolute Gasteiger partial charge is 0.492 e. The van der Waals surface area contributed by atoms with Crippen LogP contribution in [0, 0.1) is 0 Å². The predicted molar refractivity (Wildman–Crippen MR) is 93.1 cm³/mol. The smallest absolute Gasteiger partial charge is 0.337 e. The summed E-state index contributed by atoms with van der Waals surface area (Å²) in [5.74, 6) is -0.365. The van der Waals surface area contributed by atoms with E-state index in [1.165, 1.54) is 0 Å². The van der Waals surface area contributed by atoms with Crippen LogP contribution in [0.5, 0.6) is 5.75 Å². The summed E-state index contributed by atoms with van der Waals surface area (Å²) in [4.78, 5) is 11.1. The molecule has 2 aromatic carbocycles. The molecule has 0 amide bonds. The first kappa shape index (κ1) is 17.4. The normalized spacial score (nSPS) is 10.3. The number of anilines is 1. The van der Waals surface area contributed by atoms with Crippen molar-refractivity contribution in [1.82, 2.24) is 0 Å². The molecule has 0 aliphatic carbocycles. The van der Waals surface area contributed by atoms with Crippen LogP contribution in [-0.4, -0.2) is 24.2 Å². The lowest BCUT2D eigenvalue weighted by molar-refractivity contribution is 0.0698. The Bertz CT molecular complexity index is 677. The molecule has 2 N–H and O–H groups in total. The van der Waals surface area contributed by atoms with Gasteiger partial charge in [-0.1, -0.05) is 35.3 Å². The third-order valence-corrected chi connectivity index (χ3v) is 3.74. The Morgan fingerprint density at radius 2 is 1.91 bits per heavy atom. The molecule has 0 aromatic heterocycles. The van der Waals surface area contributed by atoms with Gasteiger partial charge in [-0.05, 0) is 37.1 Å². The molecule has 0 radical (unpaired) electrons. The minimum atomic E-state index is -0.938. The van der Waals surface area contributed by atoms with Crippen molar-refractivity contribution in [2.24, 2.45) is 0 Å². The summed E-state index contributed by atoms with van der Waals surface area (Å²) >= 11 is 11.9. The molecule has 6 heteroatoms. The Morgan fingerprint density at radius 3 is 2.70 bits per heavy atom. The molecule has 0 saturated carbocycles. The van der Waals surface area contributed by atoms with Crippen LogP contribution >= 0.6 is 23.2 Å². The third kappa shape index (κ3) is 5.34.